The molecule has 1 unspecified atom stereocenters. The molecule has 0 N–H and O–H groups in total. The quantitative estimate of drug-likeness (QED) is 0.766. The van der Waals surface area contributed by atoms with Crippen LogP contribution in [0.5, 0.6) is 0 Å². The van der Waals surface area contributed by atoms with Crippen LogP contribution in [0.4, 0.5) is 0 Å². The molecule has 4 heteroatoms. The summed E-state index contributed by atoms with van der Waals surface area (Å²) >= 11 is 9.48. The molecule has 2 nitrogen and oxygen atoms in total. The Bertz CT molecular complexity index is 615. The SMILES string of the molecule is CC(c1ccccc1)N(C)C(=O)c1cc(Br)ccc1Cl. The van der Waals surface area contributed by atoms with E-state index in [0.29, 0.717) is 10.6 Å². The van der Waals surface area contributed by atoms with Gasteiger partial charge in [0.2, 0.25) is 0 Å². The minimum atomic E-state index is -0.0901. The lowest BCUT2D eigenvalue weighted by Gasteiger charge is -2.26. The topological polar surface area (TPSA) is 20.3 Å². The van der Waals surface area contributed by atoms with Crippen molar-refractivity contribution in [3.8, 4) is 0 Å². The first-order chi connectivity index (χ1) is 9.50. The minimum absolute atomic E-state index is 0.0150. The van der Waals surface area contributed by atoms with Gasteiger partial charge in [0.1, 0.15) is 0 Å². The van der Waals surface area contributed by atoms with E-state index in [4.69, 9.17) is 11.6 Å². The fourth-order valence-corrected chi connectivity index (χ4v) is 2.54. The Balaban J connectivity index is 2.27. The van der Waals surface area contributed by atoms with E-state index in [0.717, 1.165) is 10.0 Å². The van der Waals surface area contributed by atoms with Crippen molar-refractivity contribution < 1.29 is 4.79 Å². The second-order valence-corrected chi connectivity index (χ2v) is 5.95. The van der Waals surface area contributed by atoms with Crippen LogP contribution in [-0.4, -0.2) is 17.9 Å². The zero-order valence-electron chi connectivity index (χ0n) is 11.3. The predicted octanol–water partition coefficient (Wildman–Crippen LogP) is 4.94. The molecule has 0 aliphatic rings. The molecule has 1 amide bonds. The summed E-state index contributed by atoms with van der Waals surface area (Å²) in [6.45, 7) is 2.00. The first kappa shape index (κ1) is 15.1. The van der Waals surface area contributed by atoms with Crippen molar-refractivity contribution in [3.05, 3.63) is 69.2 Å². The first-order valence-corrected chi connectivity index (χ1v) is 7.45. The standard InChI is InChI=1S/C16H15BrClNO/c1-11(12-6-4-3-5-7-12)19(2)16(20)14-10-13(17)8-9-15(14)18/h3-11H,1-2H3. The van der Waals surface area contributed by atoms with Crippen LogP contribution in [0, 0.1) is 0 Å². The molecule has 104 valence electrons. The van der Waals surface area contributed by atoms with Crippen molar-refractivity contribution in [2.45, 2.75) is 13.0 Å². The zero-order valence-corrected chi connectivity index (χ0v) is 13.6. The van der Waals surface area contributed by atoms with Gasteiger partial charge in [0.25, 0.3) is 5.91 Å². The van der Waals surface area contributed by atoms with E-state index in [9.17, 15) is 4.79 Å². The lowest BCUT2D eigenvalue weighted by molar-refractivity contribution is 0.0743. The summed E-state index contributed by atoms with van der Waals surface area (Å²) in [5.41, 5.74) is 1.60. The summed E-state index contributed by atoms with van der Waals surface area (Å²) in [7, 11) is 1.79. The minimum Gasteiger partial charge on any atom is -0.335 e. The molecule has 20 heavy (non-hydrogen) atoms. The average molecular weight is 353 g/mol. The Morgan fingerprint density at radius 3 is 2.50 bits per heavy atom. The number of rotatable bonds is 3. The number of hydrogen-bond donors (Lipinski definition) is 0. The van der Waals surface area contributed by atoms with E-state index >= 15 is 0 Å². The van der Waals surface area contributed by atoms with E-state index in [1.807, 2.05) is 43.3 Å². The molecule has 0 radical (unpaired) electrons. The number of carbonyl (C=O) groups is 1. The van der Waals surface area contributed by atoms with Crippen LogP contribution < -0.4 is 0 Å². The lowest BCUT2D eigenvalue weighted by atomic mass is 10.1. The summed E-state index contributed by atoms with van der Waals surface area (Å²) in [4.78, 5) is 14.3. The van der Waals surface area contributed by atoms with Crippen LogP contribution in [0.2, 0.25) is 5.02 Å². The van der Waals surface area contributed by atoms with E-state index in [2.05, 4.69) is 15.9 Å². The van der Waals surface area contributed by atoms with Crippen LogP contribution >= 0.6 is 27.5 Å². The van der Waals surface area contributed by atoms with Crippen molar-refractivity contribution in [2.75, 3.05) is 7.05 Å². The van der Waals surface area contributed by atoms with Crippen LogP contribution in [0.3, 0.4) is 0 Å². The zero-order chi connectivity index (χ0) is 14.7. The van der Waals surface area contributed by atoms with E-state index in [-0.39, 0.29) is 11.9 Å². The molecule has 0 fully saturated rings. The van der Waals surface area contributed by atoms with Gasteiger partial charge in [-0.2, -0.15) is 0 Å². The number of hydrogen-bond acceptors (Lipinski definition) is 1. The predicted molar refractivity (Wildman–Crippen MR) is 86.1 cm³/mol. The first-order valence-electron chi connectivity index (χ1n) is 6.28. The molecule has 0 aliphatic carbocycles. The fraction of sp³-hybridized carbons (Fsp3) is 0.188. The highest BCUT2D eigenvalue weighted by Crippen LogP contribution is 2.26. The Hall–Kier alpha value is -1.32. The molecular weight excluding hydrogens is 338 g/mol. The summed E-state index contributed by atoms with van der Waals surface area (Å²) in [6.07, 6.45) is 0. The number of amides is 1. The third kappa shape index (κ3) is 3.22. The van der Waals surface area contributed by atoms with E-state index in [1.54, 1.807) is 24.1 Å². The molecule has 0 bridgehead atoms. The second-order valence-electron chi connectivity index (χ2n) is 4.63. The van der Waals surface area contributed by atoms with Gasteiger partial charge in [-0.25, -0.2) is 0 Å². The maximum atomic E-state index is 12.6. The van der Waals surface area contributed by atoms with E-state index in [1.165, 1.54) is 0 Å². The van der Waals surface area contributed by atoms with Crippen LogP contribution in [0.15, 0.2) is 53.0 Å². The summed E-state index contributed by atoms with van der Waals surface area (Å²) < 4.78 is 0.839. The Kier molecular flexibility index (Phi) is 4.84. The fourth-order valence-electron chi connectivity index (χ4n) is 1.98. The molecule has 0 heterocycles. The summed E-state index contributed by atoms with van der Waals surface area (Å²) in [6, 6.07) is 15.2. The molecule has 0 spiro atoms. The van der Waals surface area contributed by atoms with Crippen molar-refractivity contribution in [2.24, 2.45) is 0 Å². The van der Waals surface area contributed by atoms with Crippen molar-refractivity contribution >= 4 is 33.4 Å². The van der Waals surface area contributed by atoms with Crippen molar-refractivity contribution in [1.82, 2.24) is 4.90 Å². The van der Waals surface area contributed by atoms with Crippen molar-refractivity contribution in [1.29, 1.82) is 0 Å². The van der Waals surface area contributed by atoms with Gasteiger partial charge in [-0.05, 0) is 30.7 Å². The van der Waals surface area contributed by atoms with Gasteiger partial charge < -0.3 is 4.90 Å². The third-order valence-corrected chi connectivity index (χ3v) is 4.16. The summed E-state index contributed by atoms with van der Waals surface area (Å²) in [5.74, 6) is -0.0901. The lowest BCUT2D eigenvalue weighted by Crippen LogP contribution is -2.29. The van der Waals surface area contributed by atoms with Crippen LogP contribution in [-0.2, 0) is 0 Å². The van der Waals surface area contributed by atoms with Crippen LogP contribution in [0.1, 0.15) is 28.9 Å². The smallest absolute Gasteiger partial charge is 0.255 e. The molecule has 2 aromatic carbocycles. The molecule has 2 rings (SSSR count). The van der Waals surface area contributed by atoms with Crippen LogP contribution in [0.25, 0.3) is 0 Å². The van der Waals surface area contributed by atoms with Gasteiger partial charge in [-0.15, -0.1) is 0 Å². The summed E-state index contributed by atoms with van der Waals surface area (Å²) in [5, 5.41) is 0.463. The highest BCUT2D eigenvalue weighted by atomic mass is 79.9. The molecule has 0 aromatic heterocycles. The molecule has 0 saturated heterocycles. The second kappa shape index (κ2) is 6.42. The molecular formula is C16H15BrClNO. The van der Waals surface area contributed by atoms with Gasteiger partial charge >= 0.3 is 0 Å². The van der Waals surface area contributed by atoms with Crippen molar-refractivity contribution in [3.63, 3.8) is 0 Å². The Labute approximate surface area is 132 Å². The highest BCUT2D eigenvalue weighted by molar-refractivity contribution is 9.10. The number of benzene rings is 2. The van der Waals surface area contributed by atoms with E-state index < -0.39 is 0 Å². The third-order valence-electron chi connectivity index (χ3n) is 3.34. The highest BCUT2D eigenvalue weighted by Gasteiger charge is 2.20. The van der Waals surface area contributed by atoms with Gasteiger partial charge in [-0.1, -0.05) is 57.9 Å². The molecule has 0 saturated carbocycles. The van der Waals surface area contributed by atoms with Gasteiger partial charge in [0.05, 0.1) is 16.6 Å². The average Bonchev–Trinajstić information content (AvgIpc) is 2.48. The number of halogens is 2. The molecule has 0 aliphatic heterocycles. The normalized spacial score (nSPS) is 12.0. The monoisotopic (exact) mass is 351 g/mol. The Morgan fingerprint density at radius 1 is 1.20 bits per heavy atom. The maximum Gasteiger partial charge on any atom is 0.255 e. The Morgan fingerprint density at radius 2 is 1.85 bits per heavy atom. The molecule has 1 atom stereocenters. The maximum absolute atomic E-state index is 12.6. The number of carbonyl (C=O) groups excluding carboxylic acids is 1. The largest absolute Gasteiger partial charge is 0.335 e. The van der Waals surface area contributed by atoms with Gasteiger partial charge in [-0.3, -0.25) is 4.79 Å². The molecule has 2 aromatic rings. The van der Waals surface area contributed by atoms with Gasteiger partial charge in [0.15, 0.2) is 0 Å². The van der Waals surface area contributed by atoms with Gasteiger partial charge in [0, 0.05) is 11.5 Å². The number of nitrogens with zero attached hydrogens (tertiary/aromatic N) is 1.